The molecule has 1 aromatic carbocycles. The summed E-state index contributed by atoms with van der Waals surface area (Å²) in [6, 6.07) is 5.30. The normalized spacial score (nSPS) is 11.7. The van der Waals surface area contributed by atoms with E-state index in [0.29, 0.717) is 0 Å². The van der Waals surface area contributed by atoms with Crippen molar-refractivity contribution in [3.05, 3.63) is 29.8 Å². The largest absolute Gasteiger partial charge is 0.366 e. The quantitative estimate of drug-likeness (QED) is 0.804. The number of benzene rings is 1. The summed E-state index contributed by atoms with van der Waals surface area (Å²) in [5, 5.41) is 0. The molecule has 5 nitrogen and oxygen atoms in total. The number of hydrogen-bond donors (Lipinski definition) is 2. The van der Waals surface area contributed by atoms with Crippen LogP contribution in [0.1, 0.15) is 24.2 Å². The highest BCUT2D eigenvalue weighted by atomic mass is 32.2. The van der Waals surface area contributed by atoms with Crippen LogP contribution in [0.3, 0.4) is 0 Å². The van der Waals surface area contributed by atoms with Gasteiger partial charge in [-0.25, -0.2) is 13.1 Å². The Hall–Kier alpha value is -1.40. The van der Waals surface area contributed by atoms with Gasteiger partial charge in [0.25, 0.3) is 0 Å². The van der Waals surface area contributed by atoms with Gasteiger partial charge in [0.05, 0.1) is 4.90 Å². The Morgan fingerprint density at radius 3 is 2.12 bits per heavy atom. The predicted octanol–water partition coefficient (Wildman–Crippen LogP) is 0.472. The van der Waals surface area contributed by atoms with E-state index in [9.17, 15) is 13.2 Å². The van der Waals surface area contributed by atoms with E-state index in [-0.39, 0.29) is 16.5 Å². The fourth-order valence-corrected chi connectivity index (χ4v) is 2.43. The van der Waals surface area contributed by atoms with Crippen LogP contribution in [0.25, 0.3) is 0 Å². The molecule has 16 heavy (non-hydrogen) atoms. The number of amides is 1. The van der Waals surface area contributed by atoms with Crippen molar-refractivity contribution in [1.29, 1.82) is 0 Å². The molecule has 1 rings (SSSR count). The lowest BCUT2D eigenvalue weighted by atomic mass is 10.2. The monoisotopic (exact) mass is 242 g/mol. The van der Waals surface area contributed by atoms with Gasteiger partial charge in [-0.1, -0.05) is 0 Å². The van der Waals surface area contributed by atoms with Crippen LogP contribution in [0.5, 0.6) is 0 Å². The summed E-state index contributed by atoms with van der Waals surface area (Å²) in [6.45, 7) is 3.46. The number of carbonyl (C=O) groups excluding carboxylic acids is 1. The second-order valence-corrected chi connectivity index (χ2v) is 5.38. The molecule has 0 saturated carbocycles. The van der Waals surface area contributed by atoms with Gasteiger partial charge in [-0.3, -0.25) is 4.79 Å². The lowest BCUT2D eigenvalue weighted by Gasteiger charge is -2.09. The lowest BCUT2D eigenvalue weighted by Crippen LogP contribution is -2.30. The van der Waals surface area contributed by atoms with Crippen LogP contribution in [0.15, 0.2) is 29.2 Å². The molecule has 0 heterocycles. The Morgan fingerprint density at radius 2 is 1.75 bits per heavy atom. The van der Waals surface area contributed by atoms with Crippen molar-refractivity contribution in [2.45, 2.75) is 24.8 Å². The van der Waals surface area contributed by atoms with Crippen molar-refractivity contribution < 1.29 is 13.2 Å². The second kappa shape index (κ2) is 4.63. The molecule has 0 bridgehead atoms. The molecule has 0 fully saturated rings. The third-order valence-electron chi connectivity index (χ3n) is 1.84. The van der Waals surface area contributed by atoms with Crippen molar-refractivity contribution in [2.75, 3.05) is 0 Å². The molecule has 88 valence electrons. The van der Waals surface area contributed by atoms with Crippen molar-refractivity contribution in [2.24, 2.45) is 5.73 Å². The van der Waals surface area contributed by atoms with Gasteiger partial charge >= 0.3 is 0 Å². The zero-order valence-corrected chi connectivity index (χ0v) is 9.91. The highest BCUT2D eigenvalue weighted by Gasteiger charge is 2.15. The third kappa shape index (κ3) is 3.04. The molecule has 0 spiro atoms. The van der Waals surface area contributed by atoms with E-state index in [1.165, 1.54) is 24.3 Å². The molecule has 6 heteroatoms. The van der Waals surface area contributed by atoms with Crippen LogP contribution in [-0.2, 0) is 10.0 Å². The Morgan fingerprint density at radius 1 is 1.25 bits per heavy atom. The smallest absolute Gasteiger partial charge is 0.248 e. The van der Waals surface area contributed by atoms with Gasteiger partial charge in [0.2, 0.25) is 15.9 Å². The van der Waals surface area contributed by atoms with E-state index < -0.39 is 15.9 Å². The summed E-state index contributed by atoms with van der Waals surface area (Å²) in [4.78, 5) is 10.9. The molecule has 0 radical (unpaired) electrons. The maximum absolute atomic E-state index is 11.7. The zero-order valence-electron chi connectivity index (χ0n) is 9.10. The van der Waals surface area contributed by atoms with Crippen molar-refractivity contribution in [3.63, 3.8) is 0 Å². The molecule has 0 aromatic heterocycles. The number of carbonyl (C=O) groups is 1. The molecular weight excluding hydrogens is 228 g/mol. The summed E-state index contributed by atoms with van der Waals surface area (Å²) < 4.78 is 25.8. The second-order valence-electron chi connectivity index (χ2n) is 3.66. The minimum absolute atomic E-state index is 0.117. The Kier molecular flexibility index (Phi) is 3.66. The fourth-order valence-electron chi connectivity index (χ4n) is 1.18. The molecule has 0 aliphatic heterocycles. The van der Waals surface area contributed by atoms with Crippen molar-refractivity contribution in [1.82, 2.24) is 4.72 Å². The van der Waals surface area contributed by atoms with Gasteiger partial charge in [-0.05, 0) is 38.1 Å². The first-order valence-electron chi connectivity index (χ1n) is 4.75. The predicted molar refractivity (Wildman–Crippen MR) is 60.4 cm³/mol. The molecule has 0 aliphatic rings. The topological polar surface area (TPSA) is 89.3 Å². The molecule has 1 aromatic rings. The fraction of sp³-hybridized carbons (Fsp3) is 0.300. The first-order chi connectivity index (χ1) is 7.33. The number of nitrogens with one attached hydrogen (secondary N) is 1. The van der Waals surface area contributed by atoms with Gasteiger partial charge in [0, 0.05) is 11.6 Å². The van der Waals surface area contributed by atoms with E-state index >= 15 is 0 Å². The SMILES string of the molecule is CC(C)NS(=O)(=O)c1ccc(C(N)=O)cc1. The molecule has 0 saturated heterocycles. The molecule has 0 aliphatic carbocycles. The zero-order chi connectivity index (χ0) is 12.3. The van der Waals surface area contributed by atoms with Crippen molar-refractivity contribution in [3.8, 4) is 0 Å². The van der Waals surface area contributed by atoms with Crippen molar-refractivity contribution >= 4 is 15.9 Å². The average molecular weight is 242 g/mol. The maximum atomic E-state index is 11.7. The summed E-state index contributed by atoms with van der Waals surface area (Å²) in [5.74, 6) is -0.583. The molecule has 0 unspecified atom stereocenters. The van der Waals surface area contributed by atoms with E-state index in [0.717, 1.165) is 0 Å². The minimum atomic E-state index is -3.50. The van der Waals surface area contributed by atoms with Crippen LogP contribution < -0.4 is 10.5 Å². The first kappa shape index (κ1) is 12.7. The van der Waals surface area contributed by atoms with Crippen LogP contribution in [0, 0.1) is 0 Å². The van der Waals surface area contributed by atoms with Crippen LogP contribution in [0.2, 0.25) is 0 Å². The van der Waals surface area contributed by atoms with Crippen LogP contribution in [0.4, 0.5) is 0 Å². The summed E-state index contributed by atoms with van der Waals surface area (Å²) in [6.07, 6.45) is 0. The summed E-state index contributed by atoms with van der Waals surface area (Å²) in [5.41, 5.74) is 5.33. The summed E-state index contributed by atoms with van der Waals surface area (Å²) >= 11 is 0. The lowest BCUT2D eigenvalue weighted by molar-refractivity contribution is 0.1000. The highest BCUT2D eigenvalue weighted by molar-refractivity contribution is 7.89. The minimum Gasteiger partial charge on any atom is -0.366 e. The first-order valence-corrected chi connectivity index (χ1v) is 6.23. The van der Waals surface area contributed by atoms with E-state index in [1.807, 2.05) is 0 Å². The van der Waals surface area contributed by atoms with Gasteiger partial charge in [-0.15, -0.1) is 0 Å². The van der Waals surface area contributed by atoms with Gasteiger partial charge in [-0.2, -0.15) is 0 Å². The number of primary amides is 1. The van der Waals surface area contributed by atoms with Gasteiger partial charge < -0.3 is 5.73 Å². The number of hydrogen-bond acceptors (Lipinski definition) is 3. The van der Waals surface area contributed by atoms with Gasteiger partial charge in [0.1, 0.15) is 0 Å². The number of nitrogens with two attached hydrogens (primary N) is 1. The number of rotatable bonds is 4. The molecule has 3 N–H and O–H groups in total. The van der Waals surface area contributed by atoms with E-state index in [2.05, 4.69) is 4.72 Å². The molecule has 1 amide bonds. The summed E-state index contributed by atoms with van der Waals surface area (Å²) in [7, 11) is -3.50. The van der Waals surface area contributed by atoms with Gasteiger partial charge in [0.15, 0.2) is 0 Å². The molecule has 0 atom stereocenters. The standard InChI is InChI=1S/C10H14N2O3S/c1-7(2)12-16(14,15)9-5-3-8(4-6-9)10(11)13/h3-7,12H,1-2H3,(H2,11,13). The van der Waals surface area contributed by atoms with E-state index in [1.54, 1.807) is 13.8 Å². The third-order valence-corrected chi connectivity index (χ3v) is 3.51. The highest BCUT2D eigenvalue weighted by Crippen LogP contribution is 2.10. The van der Waals surface area contributed by atoms with Crippen LogP contribution in [-0.4, -0.2) is 20.4 Å². The van der Waals surface area contributed by atoms with Crippen LogP contribution >= 0.6 is 0 Å². The average Bonchev–Trinajstić information content (AvgIpc) is 2.16. The number of sulfonamides is 1. The Labute approximate surface area is 94.7 Å². The van der Waals surface area contributed by atoms with E-state index in [4.69, 9.17) is 5.73 Å². The maximum Gasteiger partial charge on any atom is 0.248 e. The Bertz CT molecular complexity index is 477. The molecular formula is C10H14N2O3S. The Balaban J connectivity index is 3.02.